The minimum absolute atomic E-state index is 0.0610. The van der Waals surface area contributed by atoms with Crippen LogP contribution in [0.2, 0.25) is 0 Å². The number of nitrogens with one attached hydrogen (secondary N) is 1. The molecule has 0 saturated heterocycles. The number of hydrogen-bond donors (Lipinski definition) is 1. The van der Waals surface area contributed by atoms with E-state index in [2.05, 4.69) is 10.1 Å². The lowest BCUT2D eigenvalue weighted by atomic mass is 9.98. The van der Waals surface area contributed by atoms with Crippen LogP contribution >= 0.6 is 0 Å². The zero-order valence-corrected chi connectivity index (χ0v) is 15.0. The van der Waals surface area contributed by atoms with E-state index in [1.165, 1.54) is 25.1 Å². The first kappa shape index (κ1) is 20.4. The maximum atomic E-state index is 12.4. The molecule has 5 nitrogen and oxygen atoms in total. The number of halogens is 2. The van der Waals surface area contributed by atoms with E-state index in [4.69, 9.17) is 4.74 Å². The second kappa shape index (κ2) is 9.66. The lowest BCUT2D eigenvalue weighted by Gasteiger charge is -2.17. The smallest absolute Gasteiger partial charge is 0.387 e. The van der Waals surface area contributed by atoms with Gasteiger partial charge in [0.05, 0.1) is 12.1 Å². The van der Waals surface area contributed by atoms with Gasteiger partial charge in [-0.3, -0.25) is 9.59 Å². The van der Waals surface area contributed by atoms with Crippen LogP contribution < -0.4 is 10.1 Å². The third-order valence-corrected chi connectivity index (χ3v) is 3.88. The highest BCUT2D eigenvalue weighted by molar-refractivity contribution is 5.96. The van der Waals surface area contributed by atoms with Crippen LogP contribution in [0.4, 0.5) is 14.5 Å². The van der Waals surface area contributed by atoms with Crippen molar-refractivity contribution in [3.05, 3.63) is 60.2 Å². The van der Waals surface area contributed by atoms with Gasteiger partial charge < -0.3 is 14.8 Å². The van der Waals surface area contributed by atoms with Crippen molar-refractivity contribution in [3.63, 3.8) is 0 Å². The van der Waals surface area contributed by atoms with Crippen LogP contribution in [0.25, 0.3) is 0 Å². The summed E-state index contributed by atoms with van der Waals surface area (Å²) in [5.41, 5.74) is 1.06. The number of rotatable bonds is 8. The van der Waals surface area contributed by atoms with Crippen molar-refractivity contribution in [2.45, 2.75) is 38.9 Å². The van der Waals surface area contributed by atoms with Gasteiger partial charge in [-0.05, 0) is 30.5 Å². The first-order valence-corrected chi connectivity index (χ1v) is 8.46. The minimum atomic E-state index is -3.02. The fourth-order valence-electron chi connectivity index (χ4n) is 2.45. The first-order valence-electron chi connectivity index (χ1n) is 8.46. The normalized spacial score (nSPS) is 12.9. The Morgan fingerprint density at radius 1 is 1.00 bits per heavy atom. The maximum Gasteiger partial charge on any atom is 0.387 e. The number of alkyl halides is 2. The molecule has 1 amide bonds. The van der Waals surface area contributed by atoms with Crippen LogP contribution in [-0.2, 0) is 14.3 Å². The van der Waals surface area contributed by atoms with Crippen LogP contribution in [0.15, 0.2) is 54.6 Å². The summed E-state index contributed by atoms with van der Waals surface area (Å²) in [4.78, 5) is 24.3. The summed E-state index contributed by atoms with van der Waals surface area (Å²) >= 11 is 0. The highest BCUT2D eigenvalue weighted by Gasteiger charge is 2.21. The van der Waals surface area contributed by atoms with Gasteiger partial charge in [-0.15, -0.1) is 0 Å². The van der Waals surface area contributed by atoms with Gasteiger partial charge >= 0.3 is 12.6 Å². The summed E-state index contributed by atoms with van der Waals surface area (Å²) in [6.07, 6.45) is -0.965. The van der Waals surface area contributed by atoms with E-state index < -0.39 is 24.6 Å². The summed E-state index contributed by atoms with van der Waals surface area (Å²) in [6.45, 7) is 0.286. The number of hydrogen-bond acceptors (Lipinski definition) is 4. The molecule has 0 bridgehead atoms. The molecule has 2 rings (SSSR count). The zero-order chi connectivity index (χ0) is 19.8. The largest absolute Gasteiger partial charge is 0.453 e. The molecule has 0 aliphatic heterocycles. The van der Waals surface area contributed by atoms with E-state index in [0.29, 0.717) is 0 Å². The number of benzene rings is 2. The van der Waals surface area contributed by atoms with Crippen LogP contribution in [0.3, 0.4) is 0 Å². The number of amides is 1. The van der Waals surface area contributed by atoms with Crippen molar-refractivity contribution in [2.24, 2.45) is 0 Å². The predicted molar refractivity (Wildman–Crippen MR) is 96.7 cm³/mol. The molecule has 0 aliphatic carbocycles. The molecule has 0 saturated carbocycles. The molecule has 144 valence electrons. The lowest BCUT2D eigenvalue weighted by molar-refractivity contribution is -0.153. The standard InChI is InChI=1S/C20H21F2NO4/c1-13(15-8-4-3-5-9-15)12-18(24)26-14(2)19(25)23-16-10-6-7-11-17(16)27-20(21)22/h3-11,13-14,20H,12H2,1-2H3,(H,23,25)/t13-,14-/m1/s1. The third kappa shape index (κ3) is 6.36. The third-order valence-electron chi connectivity index (χ3n) is 3.88. The molecular weight excluding hydrogens is 356 g/mol. The molecule has 0 heterocycles. The van der Waals surface area contributed by atoms with Crippen molar-refractivity contribution in [1.29, 1.82) is 0 Å². The van der Waals surface area contributed by atoms with E-state index in [1.807, 2.05) is 37.3 Å². The van der Waals surface area contributed by atoms with Crippen molar-refractivity contribution in [3.8, 4) is 5.75 Å². The summed E-state index contributed by atoms with van der Waals surface area (Å²) in [5, 5.41) is 2.43. The number of carbonyl (C=O) groups excluding carboxylic acids is 2. The van der Waals surface area contributed by atoms with E-state index in [-0.39, 0.29) is 23.8 Å². The van der Waals surface area contributed by atoms with E-state index in [9.17, 15) is 18.4 Å². The second-order valence-corrected chi connectivity index (χ2v) is 6.01. The number of para-hydroxylation sites is 2. The Kier molecular flexibility index (Phi) is 7.28. The van der Waals surface area contributed by atoms with Gasteiger partial charge in [0.15, 0.2) is 6.10 Å². The molecule has 7 heteroatoms. The Hall–Kier alpha value is -2.96. The maximum absolute atomic E-state index is 12.4. The molecule has 27 heavy (non-hydrogen) atoms. The number of anilines is 1. The SMILES string of the molecule is C[C@H](CC(=O)O[C@H](C)C(=O)Nc1ccccc1OC(F)F)c1ccccc1. The van der Waals surface area contributed by atoms with Gasteiger partial charge in [-0.25, -0.2) is 0 Å². The fourth-order valence-corrected chi connectivity index (χ4v) is 2.45. The fraction of sp³-hybridized carbons (Fsp3) is 0.300. The van der Waals surface area contributed by atoms with Gasteiger partial charge in [0.2, 0.25) is 0 Å². The molecule has 2 aromatic carbocycles. The van der Waals surface area contributed by atoms with Crippen molar-refractivity contribution < 1.29 is 27.8 Å². The van der Waals surface area contributed by atoms with Crippen LogP contribution in [0.5, 0.6) is 5.75 Å². The molecule has 2 aromatic rings. The average Bonchev–Trinajstić information content (AvgIpc) is 2.63. The van der Waals surface area contributed by atoms with Crippen LogP contribution in [0, 0.1) is 0 Å². The van der Waals surface area contributed by atoms with E-state index in [0.717, 1.165) is 5.56 Å². The monoisotopic (exact) mass is 377 g/mol. The Labute approximate surface area is 156 Å². The Morgan fingerprint density at radius 2 is 1.63 bits per heavy atom. The summed E-state index contributed by atoms with van der Waals surface area (Å²) in [6, 6.07) is 15.3. The number of carbonyl (C=O) groups is 2. The Balaban J connectivity index is 1.91. The predicted octanol–water partition coefficient (Wildman–Crippen LogP) is 4.35. The van der Waals surface area contributed by atoms with Gasteiger partial charge in [0.1, 0.15) is 5.75 Å². The molecule has 2 atom stereocenters. The minimum Gasteiger partial charge on any atom is -0.453 e. The summed E-state index contributed by atoms with van der Waals surface area (Å²) in [5.74, 6) is -1.39. The van der Waals surface area contributed by atoms with Crippen LogP contribution in [0.1, 0.15) is 31.7 Å². The van der Waals surface area contributed by atoms with E-state index in [1.54, 1.807) is 6.07 Å². The molecule has 0 unspecified atom stereocenters. The highest BCUT2D eigenvalue weighted by atomic mass is 19.3. The van der Waals surface area contributed by atoms with Gasteiger partial charge in [-0.1, -0.05) is 49.4 Å². The van der Waals surface area contributed by atoms with E-state index >= 15 is 0 Å². The quantitative estimate of drug-likeness (QED) is 0.695. The molecule has 0 spiro atoms. The molecule has 1 N–H and O–H groups in total. The average molecular weight is 377 g/mol. The van der Waals surface area contributed by atoms with Crippen molar-refractivity contribution in [2.75, 3.05) is 5.32 Å². The molecular formula is C20H21F2NO4. The second-order valence-electron chi connectivity index (χ2n) is 6.01. The van der Waals surface area contributed by atoms with Gasteiger partial charge in [0.25, 0.3) is 5.91 Å². The zero-order valence-electron chi connectivity index (χ0n) is 15.0. The summed E-state index contributed by atoms with van der Waals surface area (Å²) < 4.78 is 34.4. The Bertz CT molecular complexity index is 768. The van der Waals surface area contributed by atoms with Crippen molar-refractivity contribution >= 4 is 17.6 Å². The molecule has 0 aromatic heterocycles. The topological polar surface area (TPSA) is 64.6 Å². The number of ether oxygens (including phenoxy) is 2. The molecule has 0 radical (unpaired) electrons. The lowest BCUT2D eigenvalue weighted by Crippen LogP contribution is -2.30. The summed E-state index contributed by atoms with van der Waals surface area (Å²) in [7, 11) is 0. The first-order chi connectivity index (χ1) is 12.9. The Morgan fingerprint density at radius 3 is 2.30 bits per heavy atom. The highest BCUT2D eigenvalue weighted by Crippen LogP contribution is 2.26. The number of esters is 1. The van der Waals surface area contributed by atoms with Crippen LogP contribution in [-0.4, -0.2) is 24.6 Å². The van der Waals surface area contributed by atoms with Crippen molar-refractivity contribution in [1.82, 2.24) is 0 Å². The van der Waals surface area contributed by atoms with Gasteiger partial charge in [-0.2, -0.15) is 8.78 Å². The van der Waals surface area contributed by atoms with Gasteiger partial charge in [0, 0.05) is 0 Å². The molecule has 0 aliphatic rings. The molecule has 0 fully saturated rings.